The highest BCUT2D eigenvalue weighted by Crippen LogP contribution is 2.48. The van der Waals surface area contributed by atoms with E-state index in [9.17, 15) is 18.8 Å². The number of ether oxygens (including phenoxy) is 2. The number of amides is 2. The Morgan fingerprint density at radius 1 is 0.978 bits per heavy atom. The van der Waals surface area contributed by atoms with Crippen molar-refractivity contribution in [1.82, 2.24) is 10.3 Å². The molecular weight excluding hydrogens is 632 g/mol. The van der Waals surface area contributed by atoms with Crippen LogP contribution in [0.3, 0.4) is 0 Å². The van der Waals surface area contributed by atoms with Gasteiger partial charge in [0.05, 0.1) is 30.1 Å². The van der Waals surface area contributed by atoms with Crippen LogP contribution in [0.25, 0.3) is 10.9 Å². The van der Waals surface area contributed by atoms with Crippen LogP contribution in [0.2, 0.25) is 10.0 Å². The second-order valence-corrected chi connectivity index (χ2v) is 11.9. The van der Waals surface area contributed by atoms with Crippen LogP contribution in [-0.2, 0) is 39.4 Å². The molecule has 0 fully saturated rings. The number of anilines is 1. The van der Waals surface area contributed by atoms with E-state index < -0.39 is 23.4 Å². The molecule has 0 saturated carbocycles. The first-order valence-corrected chi connectivity index (χ1v) is 15.1. The lowest BCUT2D eigenvalue weighted by atomic mass is 9.84. The van der Waals surface area contributed by atoms with Gasteiger partial charge in [-0.15, -0.1) is 0 Å². The largest absolute Gasteiger partial charge is 0.497 e. The van der Waals surface area contributed by atoms with Crippen molar-refractivity contribution in [3.05, 3.63) is 129 Å². The first kappa shape index (κ1) is 31.1. The lowest BCUT2D eigenvalue weighted by Gasteiger charge is -2.30. The fourth-order valence-corrected chi connectivity index (χ4v) is 6.21. The molecule has 4 aromatic carbocycles. The summed E-state index contributed by atoms with van der Waals surface area (Å²) in [6, 6.07) is 23.8. The van der Waals surface area contributed by atoms with E-state index in [1.54, 1.807) is 49.6 Å². The maximum Gasteiger partial charge on any atom is 0.408 e. The van der Waals surface area contributed by atoms with Crippen LogP contribution >= 0.6 is 23.2 Å². The van der Waals surface area contributed by atoms with Gasteiger partial charge in [0.2, 0.25) is 0 Å². The Kier molecular flexibility index (Phi) is 8.46. The third kappa shape index (κ3) is 5.68. The van der Waals surface area contributed by atoms with Gasteiger partial charge in [-0.1, -0.05) is 65.7 Å². The topological polar surface area (TPSA) is 101 Å². The van der Waals surface area contributed by atoms with Crippen molar-refractivity contribution in [2.24, 2.45) is 0 Å². The van der Waals surface area contributed by atoms with Gasteiger partial charge >= 0.3 is 6.09 Å². The molecule has 0 aliphatic carbocycles. The van der Waals surface area contributed by atoms with Gasteiger partial charge in [-0.3, -0.25) is 14.9 Å². The number of ketones is 1. The van der Waals surface area contributed by atoms with Gasteiger partial charge in [-0.2, -0.15) is 0 Å². The molecule has 0 spiro atoms. The lowest BCUT2D eigenvalue weighted by molar-refractivity contribution is -0.123. The van der Waals surface area contributed by atoms with E-state index in [1.807, 2.05) is 30.3 Å². The van der Waals surface area contributed by atoms with Crippen molar-refractivity contribution in [3.63, 3.8) is 0 Å². The van der Waals surface area contributed by atoms with Gasteiger partial charge in [0, 0.05) is 27.9 Å². The molecule has 6 rings (SSSR count). The van der Waals surface area contributed by atoms with E-state index in [-0.39, 0.29) is 36.1 Å². The summed E-state index contributed by atoms with van der Waals surface area (Å²) in [6.07, 6.45) is -1.06. The number of aromatic amines is 1. The first-order chi connectivity index (χ1) is 22.1. The van der Waals surface area contributed by atoms with E-state index in [1.165, 1.54) is 24.0 Å². The molecule has 2 amide bonds. The van der Waals surface area contributed by atoms with Gasteiger partial charge in [-0.25, -0.2) is 9.18 Å². The van der Waals surface area contributed by atoms with E-state index in [4.69, 9.17) is 32.7 Å². The summed E-state index contributed by atoms with van der Waals surface area (Å²) in [5.74, 6) is -0.832. The standard InChI is InChI=1S/C35H28Cl2FN3O5/c1-20(42)14-26-25-16-29(38)28(37)17-30(25)39-32(26)35(40-34(44)46-19-22-6-4-3-5-7-22)27-15-23(36)10-13-31(27)41(33(35)43)18-21-8-11-24(45-2)12-9-21/h3-13,15-17,39H,14,18-19H2,1-2H3,(H,40,44)/t35-/m1/s1. The summed E-state index contributed by atoms with van der Waals surface area (Å²) < 4.78 is 25.7. The number of carbonyl (C=O) groups is 3. The molecule has 0 unspecified atom stereocenters. The highest BCUT2D eigenvalue weighted by molar-refractivity contribution is 6.31. The van der Waals surface area contributed by atoms with Crippen LogP contribution in [0.5, 0.6) is 5.75 Å². The van der Waals surface area contributed by atoms with Crippen LogP contribution in [0.1, 0.15) is 34.9 Å². The number of aromatic nitrogens is 1. The number of rotatable bonds is 9. The summed E-state index contributed by atoms with van der Waals surface area (Å²) in [6.45, 7) is 1.45. The number of methoxy groups -OCH3 is 1. The minimum absolute atomic E-state index is 0.0667. The maximum atomic E-state index is 15.0. The van der Waals surface area contributed by atoms with Crippen molar-refractivity contribution in [3.8, 4) is 5.75 Å². The molecule has 2 N–H and O–H groups in total. The highest BCUT2D eigenvalue weighted by Gasteiger charge is 2.56. The highest BCUT2D eigenvalue weighted by atomic mass is 35.5. The molecule has 1 aromatic heterocycles. The normalized spacial score (nSPS) is 15.6. The summed E-state index contributed by atoms with van der Waals surface area (Å²) in [4.78, 5) is 46.0. The predicted molar refractivity (Wildman–Crippen MR) is 174 cm³/mol. The minimum Gasteiger partial charge on any atom is -0.497 e. The molecule has 0 radical (unpaired) electrons. The van der Waals surface area contributed by atoms with Crippen molar-refractivity contribution in [1.29, 1.82) is 0 Å². The molecule has 1 atom stereocenters. The van der Waals surface area contributed by atoms with Crippen molar-refractivity contribution in [2.45, 2.75) is 32.0 Å². The number of hydrogen-bond acceptors (Lipinski definition) is 5. The van der Waals surface area contributed by atoms with Crippen molar-refractivity contribution >= 4 is 57.6 Å². The molecule has 5 aromatic rings. The van der Waals surface area contributed by atoms with E-state index in [0.29, 0.717) is 38.5 Å². The monoisotopic (exact) mass is 659 g/mol. The molecule has 1 aliphatic heterocycles. The number of benzene rings is 4. The zero-order valence-corrected chi connectivity index (χ0v) is 26.3. The number of fused-ring (bicyclic) bond motifs is 2. The number of H-pyrrole nitrogens is 1. The molecule has 8 nitrogen and oxygen atoms in total. The number of nitrogens with one attached hydrogen (secondary N) is 2. The third-order valence-electron chi connectivity index (χ3n) is 7.97. The Morgan fingerprint density at radius 3 is 2.41 bits per heavy atom. The fourth-order valence-electron chi connectivity index (χ4n) is 5.88. The van der Waals surface area contributed by atoms with E-state index in [2.05, 4.69) is 10.3 Å². The van der Waals surface area contributed by atoms with Gasteiger partial charge in [0.25, 0.3) is 5.91 Å². The SMILES string of the molecule is COc1ccc(CN2C(=O)[C@](NC(=O)OCc3ccccc3)(c3[nH]c4cc(Cl)c(F)cc4c3CC(C)=O)c3cc(Cl)ccc32)cc1. The molecule has 0 saturated heterocycles. The molecule has 1 aliphatic rings. The Hall–Kier alpha value is -4.86. The van der Waals surface area contributed by atoms with Crippen molar-refractivity contribution in [2.75, 3.05) is 12.0 Å². The van der Waals surface area contributed by atoms with Crippen LogP contribution in [0.15, 0.2) is 84.9 Å². The number of hydrogen-bond donors (Lipinski definition) is 2. The number of nitrogens with zero attached hydrogens (tertiary/aromatic N) is 1. The van der Waals surface area contributed by atoms with E-state index >= 15 is 0 Å². The predicted octanol–water partition coefficient (Wildman–Crippen LogP) is 7.47. The van der Waals surface area contributed by atoms with Gasteiger partial charge in [0.1, 0.15) is 24.0 Å². The quantitative estimate of drug-likeness (QED) is 0.171. The molecule has 46 heavy (non-hydrogen) atoms. The zero-order valence-electron chi connectivity index (χ0n) is 24.8. The second kappa shape index (κ2) is 12.5. The Bertz CT molecular complexity index is 1980. The van der Waals surface area contributed by atoms with Crippen molar-refractivity contribution < 1.29 is 28.2 Å². The fraction of sp³-hybridized carbons (Fsp3) is 0.171. The lowest BCUT2D eigenvalue weighted by Crippen LogP contribution is -2.54. The summed E-state index contributed by atoms with van der Waals surface area (Å²) >= 11 is 12.7. The Balaban J connectivity index is 1.55. The molecule has 234 valence electrons. The summed E-state index contributed by atoms with van der Waals surface area (Å²) in [7, 11) is 1.56. The Morgan fingerprint density at radius 2 is 1.72 bits per heavy atom. The van der Waals surface area contributed by atoms with Crippen LogP contribution in [0, 0.1) is 5.82 Å². The van der Waals surface area contributed by atoms with Crippen LogP contribution in [0.4, 0.5) is 14.9 Å². The van der Waals surface area contributed by atoms with Gasteiger partial charge in [-0.05, 0) is 66.1 Å². The third-order valence-corrected chi connectivity index (χ3v) is 8.49. The summed E-state index contributed by atoms with van der Waals surface area (Å²) in [5.41, 5.74) is 1.26. The second-order valence-electron chi connectivity index (χ2n) is 11.0. The number of carbonyl (C=O) groups excluding carboxylic acids is 3. The summed E-state index contributed by atoms with van der Waals surface area (Å²) in [5, 5.41) is 3.35. The average Bonchev–Trinajstić information content (AvgIpc) is 3.48. The number of alkyl carbamates (subject to hydrolysis) is 1. The zero-order chi connectivity index (χ0) is 32.6. The smallest absolute Gasteiger partial charge is 0.408 e. The van der Waals surface area contributed by atoms with Gasteiger partial charge < -0.3 is 19.4 Å². The van der Waals surface area contributed by atoms with Crippen LogP contribution < -0.4 is 15.0 Å². The molecule has 0 bridgehead atoms. The van der Waals surface area contributed by atoms with E-state index in [0.717, 1.165) is 11.1 Å². The number of halogens is 3. The molecule has 11 heteroatoms. The molecular formula is C35H28Cl2FN3O5. The molecule has 2 heterocycles. The first-order valence-electron chi connectivity index (χ1n) is 14.3. The number of Topliss-reactive ketones (excluding diaryl/α,β-unsaturated/α-hetero) is 1. The maximum absolute atomic E-state index is 15.0. The van der Waals surface area contributed by atoms with Gasteiger partial charge in [0.15, 0.2) is 5.54 Å². The Labute approximate surface area is 274 Å². The average molecular weight is 661 g/mol. The minimum atomic E-state index is -1.95. The van der Waals surface area contributed by atoms with Crippen LogP contribution in [-0.4, -0.2) is 29.9 Å².